The maximum atomic E-state index is 12.9. The van der Waals surface area contributed by atoms with Crippen molar-refractivity contribution in [1.29, 1.82) is 0 Å². The first-order valence-electron chi connectivity index (χ1n) is 6.83. The van der Waals surface area contributed by atoms with E-state index in [0.717, 1.165) is 20.2 Å². The molecule has 4 rings (SSSR count). The second-order valence-electron chi connectivity index (χ2n) is 5.06. The number of fused-ring (bicyclic) bond motifs is 2. The van der Waals surface area contributed by atoms with E-state index in [2.05, 4.69) is 5.10 Å². The lowest BCUT2D eigenvalue weighted by atomic mass is 10.1. The summed E-state index contributed by atoms with van der Waals surface area (Å²) in [6.07, 6.45) is 1.56. The number of hydrogen-bond acceptors (Lipinski definition) is 3. The van der Waals surface area contributed by atoms with Crippen LogP contribution in [0.15, 0.2) is 77.8 Å². The van der Waals surface area contributed by atoms with Gasteiger partial charge in [0.05, 0.1) is 16.6 Å². The molecule has 0 aliphatic rings. The number of hydrogen-bond donors (Lipinski definition) is 0. The summed E-state index contributed by atoms with van der Waals surface area (Å²) in [5, 5.41) is 6.75. The molecule has 5 heteroatoms. The second kappa shape index (κ2) is 4.68. The van der Waals surface area contributed by atoms with Crippen LogP contribution in [0.2, 0.25) is 0 Å². The second-order valence-corrected chi connectivity index (χ2v) is 6.83. The molecule has 22 heavy (non-hydrogen) atoms. The summed E-state index contributed by atoms with van der Waals surface area (Å²) in [5.41, 5.74) is 0.579. The Kier molecular flexibility index (Phi) is 2.77. The standard InChI is InChI=1S/C17H12N2O2S/c20-22(21,19-17-8-4-3-7-15(17)12-18-19)16-10-9-13-5-1-2-6-14(13)11-16/h1-12H. The number of rotatable bonds is 2. The van der Waals surface area contributed by atoms with E-state index in [9.17, 15) is 8.42 Å². The molecule has 0 N–H and O–H groups in total. The molecule has 0 amide bonds. The Bertz CT molecular complexity index is 1100. The van der Waals surface area contributed by atoms with Crippen LogP contribution < -0.4 is 0 Å². The highest BCUT2D eigenvalue weighted by Gasteiger charge is 2.20. The van der Waals surface area contributed by atoms with Gasteiger partial charge >= 0.3 is 0 Å². The van der Waals surface area contributed by atoms with Crippen molar-refractivity contribution < 1.29 is 8.42 Å². The topological polar surface area (TPSA) is 52.0 Å². The number of aromatic nitrogens is 2. The lowest BCUT2D eigenvalue weighted by molar-refractivity contribution is 0.582. The van der Waals surface area contributed by atoms with Crippen LogP contribution in [-0.2, 0) is 10.0 Å². The van der Waals surface area contributed by atoms with Crippen LogP contribution in [0.4, 0.5) is 0 Å². The molecular weight excluding hydrogens is 296 g/mol. The summed E-state index contributed by atoms with van der Waals surface area (Å²) in [6, 6.07) is 20.0. The Morgan fingerprint density at radius 2 is 1.45 bits per heavy atom. The van der Waals surface area contributed by atoms with E-state index < -0.39 is 10.0 Å². The van der Waals surface area contributed by atoms with Gasteiger partial charge in [0.2, 0.25) is 0 Å². The van der Waals surface area contributed by atoms with Gasteiger partial charge in [0.1, 0.15) is 0 Å². The Morgan fingerprint density at radius 1 is 0.773 bits per heavy atom. The Labute approximate surface area is 127 Å². The highest BCUT2D eigenvalue weighted by molar-refractivity contribution is 7.90. The van der Waals surface area contributed by atoms with Crippen molar-refractivity contribution in [3.8, 4) is 0 Å². The van der Waals surface area contributed by atoms with Crippen molar-refractivity contribution in [1.82, 2.24) is 9.19 Å². The Hall–Kier alpha value is -2.66. The van der Waals surface area contributed by atoms with Crippen molar-refractivity contribution in [2.24, 2.45) is 0 Å². The molecule has 0 radical (unpaired) electrons. The summed E-state index contributed by atoms with van der Waals surface area (Å²) in [5.74, 6) is 0. The van der Waals surface area contributed by atoms with E-state index >= 15 is 0 Å². The molecule has 0 fully saturated rings. The normalized spacial score (nSPS) is 12.0. The smallest absolute Gasteiger partial charge is 0.199 e. The molecule has 0 atom stereocenters. The van der Waals surface area contributed by atoms with E-state index in [0.29, 0.717) is 5.52 Å². The van der Waals surface area contributed by atoms with Crippen molar-refractivity contribution in [2.75, 3.05) is 0 Å². The molecule has 0 bridgehead atoms. The fraction of sp³-hybridized carbons (Fsp3) is 0. The summed E-state index contributed by atoms with van der Waals surface area (Å²) in [4.78, 5) is 0.236. The van der Waals surface area contributed by atoms with Gasteiger partial charge in [-0.1, -0.05) is 48.5 Å². The minimum Gasteiger partial charge on any atom is -0.199 e. The molecule has 3 aromatic carbocycles. The first kappa shape index (κ1) is 13.0. The molecule has 1 aromatic heterocycles. The number of nitrogens with zero attached hydrogens (tertiary/aromatic N) is 2. The molecule has 1 heterocycles. The first-order chi connectivity index (χ1) is 10.7. The van der Waals surface area contributed by atoms with E-state index in [-0.39, 0.29) is 4.90 Å². The maximum Gasteiger partial charge on any atom is 0.283 e. The van der Waals surface area contributed by atoms with Crippen LogP contribution in [-0.4, -0.2) is 17.6 Å². The van der Waals surface area contributed by atoms with Gasteiger partial charge in [0.25, 0.3) is 10.0 Å². The van der Waals surface area contributed by atoms with E-state index in [4.69, 9.17) is 0 Å². The zero-order chi connectivity index (χ0) is 15.2. The highest BCUT2D eigenvalue weighted by atomic mass is 32.2. The summed E-state index contributed by atoms with van der Waals surface area (Å²) in [7, 11) is -3.71. The van der Waals surface area contributed by atoms with Gasteiger partial charge < -0.3 is 0 Å². The minimum absolute atomic E-state index is 0.236. The third kappa shape index (κ3) is 1.90. The van der Waals surface area contributed by atoms with Gasteiger partial charge in [-0.2, -0.15) is 17.6 Å². The van der Waals surface area contributed by atoms with Crippen molar-refractivity contribution in [3.05, 3.63) is 72.9 Å². The SMILES string of the molecule is O=S(=O)(c1ccc2ccccc2c1)n1ncc2ccccc21. The van der Waals surface area contributed by atoms with Crippen LogP contribution in [0.25, 0.3) is 21.7 Å². The average molecular weight is 308 g/mol. The first-order valence-corrected chi connectivity index (χ1v) is 8.27. The monoisotopic (exact) mass is 308 g/mol. The Balaban J connectivity index is 1.95. The minimum atomic E-state index is -3.71. The van der Waals surface area contributed by atoms with Crippen molar-refractivity contribution in [2.45, 2.75) is 4.90 Å². The zero-order valence-electron chi connectivity index (χ0n) is 11.5. The zero-order valence-corrected chi connectivity index (χ0v) is 12.4. The maximum absolute atomic E-state index is 12.9. The molecule has 0 unspecified atom stereocenters. The van der Waals surface area contributed by atoms with E-state index in [1.165, 1.54) is 0 Å². The molecule has 0 aliphatic carbocycles. The molecule has 4 aromatic rings. The fourth-order valence-electron chi connectivity index (χ4n) is 2.57. The van der Waals surface area contributed by atoms with Crippen LogP contribution in [0.5, 0.6) is 0 Å². The van der Waals surface area contributed by atoms with Gasteiger partial charge in [-0.3, -0.25) is 0 Å². The number of benzene rings is 3. The van der Waals surface area contributed by atoms with Gasteiger partial charge in [-0.15, -0.1) is 0 Å². The molecular formula is C17H12N2O2S. The lowest BCUT2D eigenvalue weighted by Crippen LogP contribution is -2.14. The van der Waals surface area contributed by atoms with Crippen LogP contribution >= 0.6 is 0 Å². The number of para-hydroxylation sites is 1. The van der Waals surface area contributed by atoms with Gasteiger partial charge in [-0.25, -0.2) is 0 Å². The summed E-state index contributed by atoms with van der Waals surface area (Å²) >= 11 is 0. The Morgan fingerprint density at radius 3 is 2.27 bits per heavy atom. The van der Waals surface area contributed by atoms with Crippen molar-refractivity contribution >= 4 is 31.7 Å². The molecule has 108 valence electrons. The molecule has 0 saturated carbocycles. The molecule has 0 saturated heterocycles. The molecule has 0 spiro atoms. The molecule has 4 nitrogen and oxygen atoms in total. The van der Waals surface area contributed by atoms with Gasteiger partial charge in [-0.05, 0) is 29.0 Å². The average Bonchev–Trinajstić information content (AvgIpc) is 2.99. The van der Waals surface area contributed by atoms with Gasteiger partial charge in [0, 0.05) is 5.39 Å². The predicted molar refractivity (Wildman–Crippen MR) is 86.3 cm³/mol. The van der Waals surface area contributed by atoms with Gasteiger partial charge in [0.15, 0.2) is 0 Å². The van der Waals surface area contributed by atoms with Crippen LogP contribution in [0, 0.1) is 0 Å². The van der Waals surface area contributed by atoms with Crippen molar-refractivity contribution in [3.63, 3.8) is 0 Å². The fourth-order valence-corrected chi connectivity index (χ4v) is 3.88. The third-order valence-electron chi connectivity index (χ3n) is 3.69. The van der Waals surface area contributed by atoms with E-state index in [1.807, 2.05) is 42.5 Å². The molecule has 0 aliphatic heterocycles. The van der Waals surface area contributed by atoms with Crippen LogP contribution in [0.3, 0.4) is 0 Å². The quantitative estimate of drug-likeness (QED) is 0.570. The summed E-state index contributed by atoms with van der Waals surface area (Å²) in [6.45, 7) is 0. The van der Waals surface area contributed by atoms with E-state index in [1.54, 1.807) is 30.5 Å². The third-order valence-corrected chi connectivity index (χ3v) is 5.29. The van der Waals surface area contributed by atoms with Crippen LogP contribution in [0.1, 0.15) is 0 Å². The summed E-state index contributed by atoms with van der Waals surface area (Å²) < 4.78 is 26.8. The largest absolute Gasteiger partial charge is 0.283 e. The lowest BCUT2D eigenvalue weighted by Gasteiger charge is -2.07. The predicted octanol–water partition coefficient (Wildman–Crippen LogP) is 3.43. The highest BCUT2D eigenvalue weighted by Crippen LogP contribution is 2.23.